The highest BCUT2D eigenvalue weighted by Crippen LogP contribution is 2.34. The van der Waals surface area contributed by atoms with Gasteiger partial charge in [-0.15, -0.1) is 11.8 Å². The van der Waals surface area contributed by atoms with E-state index >= 15 is 0 Å². The number of carbonyl (C=O) groups excluding carboxylic acids is 1. The Bertz CT molecular complexity index is 899. The maximum atomic E-state index is 12.5. The molecule has 8 heteroatoms. The summed E-state index contributed by atoms with van der Waals surface area (Å²) in [4.78, 5) is 13.0. The van der Waals surface area contributed by atoms with Crippen LogP contribution in [0.2, 0.25) is 5.02 Å². The van der Waals surface area contributed by atoms with E-state index in [1.54, 1.807) is 48.2 Å². The zero-order valence-electron chi connectivity index (χ0n) is 13.5. The highest BCUT2D eigenvalue weighted by atomic mass is 35.5. The molecule has 1 unspecified atom stereocenters. The van der Waals surface area contributed by atoms with Gasteiger partial charge in [-0.2, -0.15) is 0 Å². The highest BCUT2D eigenvalue weighted by Gasteiger charge is 2.22. The van der Waals surface area contributed by atoms with Gasteiger partial charge < -0.3 is 5.32 Å². The molecule has 0 saturated carbocycles. The van der Waals surface area contributed by atoms with Gasteiger partial charge in [0.05, 0.1) is 10.6 Å². The molecule has 0 aliphatic carbocycles. The van der Waals surface area contributed by atoms with E-state index in [0.29, 0.717) is 16.5 Å². The van der Waals surface area contributed by atoms with Crippen LogP contribution in [0.1, 0.15) is 12.5 Å². The minimum absolute atomic E-state index is 0.102. The second-order valence-corrected chi connectivity index (χ2v) is 9.08. The van der Waals surface area contributed by atoms with Crippen LogP contribution < -0.4 is 10.0 Å². The minimum atomic E-state index is -3.69. The molecule has 2 N–H and O–H groups in total. The predicted molar refractivity (Wildman–Crippen MR) is 100 cm³/mol. The molecule has 0 bridgehead atoms. The number of nitrogens with one attached hydrogen (secondary N) is 2. The fourth-order valence-electron chi connectivity index (χ4n) is 2.31. The van der Waals surface area contributed by atoms with Crippen LogP contribution >= 0.6 is 23.4 Å². The number of halogens is 1. The molecule has 5 nitrogen and oxygen atoms in total. The number of amides is 1. The number of fused-ring (bicyclic) bond motifs is 1. The van der Waals surface area contributed by atoms with E-state index in [2.05, 4.69) is 10.0 Å². The number of thioether (sulfide) groups is 1. The van der Waals surface area contributed by atoms with Crippen LogP contribution in [0.4, 0.5) is 5.69 Å². The third kappa shape index (κ3) is 4.36. The van der Waals surface area contributed by atoms with Crippen molar-refractivity contribution in [3.63, 3.8) is 0 Å². The van der Waals surface area contributed by atoms with Crippen LogP contribution in [0, 0.1) is 5.92 Å². The molecule has 2 aromatic rings. The Balaban J connectivity index is 1.79. The molecule has 3 rings (SSSR count). The number of hydrogen-bond donors (Lipinski definition) is 2. The Morgan fingerprint density at radius 2 is 1.96 bits per heavy atom. The van der Waals surface area contributed by atoms with Gasteiger partial charge in [-0.3, -0.25) is 4.79 Å². The molecular weight excluding hydrogens is 380 g/mol. The molecular formula is C17H17ClN2O3S2. The van der Waals surface area contributed by atoms with Gasteiger partial charge in [0.1, 0.15) is 0 Å². The third-order valence-corrected chi connectivity index (χ3v) is 6.82. The second kappa shape index (κ2) is 7.37. The first-order valence-electron chi connectivity index (χ1n) is 7.67. The van der Waals surface area contributed by atoms with Crippen molar-refractivity contribution in [1.82, 2.24) is 4.72 Å². The lowest BCUT2D eigenvalue weighted by atomic mass is 10.2. The lowest BCUT2D eigenvalue weighted by molar-refractivity contribution is -0.118. The lowest BCUT2D eigenvalue weighted by Crippen LogP contribution is -2.24. The first-order valence-corrected chi connectivity index (χ1v) is 10.5. The van der Waals surface area contributed by atoms with Crippen LogP contribution in [0.15, 0.2) is 52.3 Å². The van der Waals surface area contributed by atoms with Gasteiger partial charge in [0.15, 0.2) is 0 Å². The zero-order valence-corrected chi connectivity index (χ0v) is 15.8. The topological polar surface area (TPSA) is 75.3 Å². The summed E-state index contributed by atoms with van der Waals surface area (Å²) >= 11 is 7.37. The summed E-state index contributed by atoms with van der Waals surface area (Å²) in [6.45, 7) is 2.01. The summed E-state index contributed by atoms with van der Waals surface area (Å²) in [6, 6.07) is 11.7. The summed E-state index contributed by atoms with van der Waals surface area (Å²) in [5.74, 6) is 0.440. The number of anilines is 1. The molecule has 1 heterocycles. The smallest absolute Gasteiger partial charge is 0.240 e. The van der Waals surface area contributed by atoms with Crippen molar-refractivity contribution < 1.29 is 13.2 Å². The van der Waals surface area contributed by atoms with Crippen LogP contribution in [0.5, 0.6) is 0 Å². The summed E-state index contributed by atoms with van der Waals surface area (Å²) in [6.07, 6.45) is 0. The number of rotatable bonds is 4. The van der Waals surface area contributed by atoms with Crippen molar-refractivity contribution in [1.29, 1.82) is 0 Å². The zero-order chi connectivity index (χ0) is 18.0. The maximum absolute atomic E-state index is 12.5. The molecule has 0 saturated heterocycles. The molecule has 0 radical (unpaired) electrons. The Labute approximate surface area is 156 Å². The molecule has 0 spiro atoms. The molecule has 1 atom stereocenters. The van der Waals surface area contributed by atoms with E-state index in [0.717, 1.165) is 10.5 Å². The van der Waals surface area contributed by atoms with E-state index in [9.17, 15) is 13.2 Å². The van der Waals surface area contributed by atoms with E-state index in [-0.39, 0.29) is 23.3 Å². The number of sulfonamides is 1. The normalized spacial score (nSPS) is 17.5. The van der Waals surface area contributed by atoms with Crippen LogP contribution in [-0.4, -0.2) is 20.1 Å². The van der Waals surface area contributed by atoms with Gasteiger partial charge in [-0.25, -0.2) is 13.1 Å². The number of benzene rings is 2. The monoisotopic (exact) mass is 396 g/mol. The maximum Gasteiger partial charge on any atom is 0.240 e. The fraction of sp³-hybridized carbons (Fsp3) is 0.235. The highest BCUT2D eigenvalue weighted by molar-refractivity contribution is 7.99. The molecule has 25 heavy (non-hydrogen) atoms. The summed E-state index contributed by atoms with van der Waals surface area (Å²) < 4.78 is 27.6. The van der Waals surface area contributed by atoms with Gasteiger partial charge in [-0.05, 0) is 35.9 Å². The van der Waals surface area contributed by atoms with Crippen molar-refractivity contribution in [3.05, 3.63) is 53.1 Å². The average molecular weight is 397 g/mol. The quantitative estimate of drug-likeness (QED) is 0.829. The first kappa shape index (κ1) is 18.3. The van der Waals surface area contributed by atoms with Crippen LogP contribution in [0.3, 0.4) is 0 Å². The molecule has 2 aromatic carbocycles. The second-order valence-electron chi connectivity index (χ2n) is 5.81. The van der Waals surface area contributed by atoms with E-state index in [1.807, 2.05) is 6.92 Å². The molecule has 1 amide bonds. The Morgan fingerprint density at radius 3 is 2.68 bits per heavy atom. The standard InChI is InChI=1S/C17H17ClN2O3S2/c1-11-10-24-16-7-6-14(8-15(16)20-17(11)21)25(22,23)19-9-12-2-4-13(18)5-3-12/h2-8,11,19H,9-10H2,1H3,(H,20,21). The SMILES string of the molecule is CC1CSc2ccc(S(=O)(=O)NCc3ccc(Cl)cc3)cc2NC1=O. The van der Waals surface area contributed by atoms with Gasteiger partial charge in [-0.1, -0.05) is 30.7 Å². The Hall–Kier alpha value is -1.54. The van der Waals surface area contributed by atoms with Crippen molar-refractivity contribution in [2.45, 2.75) is 23.3 Å². The molecule has 1 aliphatic heterocycles. The van der Waals surface area contributed by atoms with Crippen molar-refractivity contribution >= 4 is 45.0 Å². The van der Waals surface area contributed by atoms with Gasteiger partial charge in [0.25, 0.3) is 0 Å². The van der Waals surface area contributed by atoms with Crippen LogP contribution in [-0.2, 0) is 21.4 Å². The van der Waals surface area contributed by atoms with E-state index < -0.39 is 10.0 Å². The largest absolute Gasteiger partial charge is 0.325 e. The molecule has 132 valence electrons. The Morgan fingerprint density at radius 1 is 1.24 bits per heavy atom. The van der Waals surface area contributed by atoms with Gasteiger partial charge in [0.2, 0.25) is 15.9 Å². The first-order chi connectivity index (χ1) is 11.8. The number of carbonyl (C=O) groups is 1. The van der Waals surface area contributed by atoms with Gasteiger partial charge in [0, 0.05) is 28.1 Å². The van der Waals surface area contributed by atoms with Crippen LogP contribution in [0.25, 0.3) is 0 Å². The summed E-state index contributed by atoms with van der Waals surface area (Å²) in [5.41, 5.74) is 1.34. The molecule has 0 fully saturated rings. The van der Waals surface area contributed by atoms with Crippen molar-refractivity contribution in [2.24, 2.45) is 5.92 Å². The summed E-state index contributed by atoms with van der Waals surface area (Å²) in [7, 11) is -3.69. The lowest BCUT2D eigenvalue weighted by Gasteiger charge is -2.11. The minimum Gasteiger partial charge on any atom is -0.325 e. The predicted octanol–water partition coefficient (Wildman–Crippen LogP) is 3.50. The number of hydrogen-bond acceptors (Lipinski definition) is 4. The van der Waals surface area contributed by atoms with Crippen molar-refractivity contribution in [3.8, 4) is 0 Å². The summed E-state index contributed by atoms with van der Waals surface area (Å²) in [5, 5.41) is 3.40. The average Bonchev–Trinajstić information content (AvgIpc) is 2.73. The van der Waals surface area contributed by atoms with E-state index in [4.69, 9.17) is 11.6 Å². The third-order valence-electron chi connectivity index (χ3n) is 3.84. The van der Waals surface area contributed by atoms with Gasteiger partial charge >= 0.3 is 0 Å². The fourth-order valence-corrected chi connectivity index (χ4v) is 4.49. The Kier molecular flexibility index (Phi) is 5.38. The molecule has 0 aromatic heterocycles. The van der Waals surface area contributed by atoms with E-state index in [1.165, 1.54) is 6.07 Å². The van der Waals surface area contributed by atoms with Crippen molar-refractivity contribution in [2.75, 3.05) is 11.1 Å². The molecule has 1 aliphatic rings.